The van der Waals surface area contributed by atoms with Crippen LogP contribution in [-0.4, -0.2) is 33.0 Å². The number of fused-ring (bicyclic) bond motifs is 1. The molecule has 0 aromatic carbocycles. The zero-order valence-electron chi connectivity index (χ0n) is 12.8. The fourth-order valence-corrected chi connectivity index (χ4v) is 3.28. The van der Waals surface area contributed by atoms with Gasteiger partial charge in [-0.25, -0.2) is 4.98 Å². The number of rotatable bonds is 4. The highest BCUT2D eigenvalue weighted by Gasteiger charge is 2.20. The van der Waals surface area contributed by atoms with E-state index in [0.29, 0.717) is 23.3 Å². The Bertz CT molecular complexity index is 726. The van der Waals surface area contributed by atoms with Crippen molar-refractivity contribution < 1.29 is 9.90 Å². The second-order valence-corrected chi connectivity index (χ2v) is 6.34. The summed E-state index contributed by atoms with van der Waals surface area (Å²) in [6.45, 7) is 0.598. The van der Waals surface area contributed by atoms with Crippen LogP contribution in [0.4, 0.5) is 0 Å². The number of carbonyl (C=O) groups excluding carboxylic acids is 1. The second-order valence-electron chi connectivity index (χ2n) is 5.98. The van der Waals surface area contributed by atoms with Crippen LogP contribution in [0.15, 0.2) is 30.5 Å². The molecule has 2 aromatic heterocycles. The zero-order chi connectivity index (χ0) is 16.2. The maximum absolute atomic E-state index is 12.0. The summed E-state index contributed by atoms with van der Waals surface area (Å²) in [4.78, 5) is 16.2. The average Bonchev–Trinajstić information content (AvgIpc) is 2.86. The molecule has 2 unspecified atom stereocenters. The summed E-state index contributed by atoms with van der Waals surface area (Å²) in [6, 6.07) is 5.63. The molecule has 2 atom stereocenters. The lowest BCUT2D eigenvalue weighted by atomic mass is 9.87. The quantitative estimate of drug-likeness (QED) is 0.845. The molecule has 1 amide bonds. The minimum absolute atomic E-state index is 0.160. The van der Waals surface area contributed by atoms with Gasteiger partial charge in [0.05, 0.1) is 11.8 Å². The van der Waals surface area contributed by atoms with E-state index < -0.39 is 0 Å². The molecule has 23 heavy (non-hydrogen) atoms. The van der Waals surface area contributed by atoms with Gasteiger partial charge in [-0.1, -0.05) is 24.1 Å². The van der Waals surface area contributed by atoms with Crippen LogP contribution in [0.5, 0.6) is 0 Å². The van der Waals surface area contributed by atoms with Gasteiger partial charge in [-0.15, -0.1) is 0 Å². The van der Waals surface area contributed by atoms with Crippen molar-refractivity contribution in [2.45, 2.75) is 31.8 Å². The van der Waals surface area contributed by atoms with Gasteiger partial charge in [-0.05, 0) is 43.4 Å². The third-order valence-corrected chi connectivity index (χ3v) is 4.51. The summed E-state index contributed by atoms with van der Waals surface area (Å²) in [5.41, 5.74) is 1.43. The molecule has 6 heteroatoms. The highest BCUT2D eigenvalue weighted by molar-refractivity contribution is 6.31. The van der Waals surface area contributed by atoms with E-state index in [1.54, 1.807) is 6.08 Å². The van der Waals surface area contributed by atoms with Crippen molar-refractivity contribution in [3.63, 3.8) is 0 Å². The van der Waals surface area contributed by atoms with E-state index in [2.05, 4.69) is 10.3 Å². The van der Waals surface area contributed by atoms with E-state index in [1.807, 2.05) is 28.8 Å². The van der Waals surface area contributed by atoms with E-state index in [4.69, 9.17) is 11.6 Å². The van der Waals surface area contributed by atoms with Gasteiger partial charge in [0, 0.05) is 18.8 Å². The van der Waals surface area contributed by atoms with E-state index in [1.165, 1.54) is 6.08 Å². The van der Waals surface area contributed by atoms with Crippen LogP contribution in [0.1, 0.15) is 31.4 Å². The number of aliphatic hydroxyl groups is 1. The SMILES string of the molecule is O=C(C=Cc1c(Cl)nc2ccccn12)NCC1CCCC(O)C1. The predicted molar refractivity (Wildman–Crippen MR) is 90.2 cm³/mol. The molecule has 0 aliphatic heterocycles. The second kappa shape index (κ2) is 7.15. The predicted octanol–water partition coefficient (Wildman–Crippen LogP) is 2.67. The summed E-state index contributed by atoms with van der Waals surface area (Å²) in [7, 11) is 0. The summed E-state index contributed by atoms with van der Waals surface area (Å²) in [5.74, 6) is 0.197. The topological polar surface area (TPSA) is 66.6 Å². The van der Waals surface area contributed by atoms with Crippen LogP contribution < -0.4 is 5.32 Å². The number of imidazole rings is 1. The standard InChI is InChI=1S/C17H20ClN3O2/c18-17-14(21-9-2-1-6-15(21)20-17)7-8-16(23)19-11-12-4-3-5-13(22)10-12/h1-2,6-9,12-13,22H,3-5,10-11H2,(H,19,23). The van der Waals surface area contributed by atoms with Crippen molar-refractivity contribution >= 4 is 29.2 Å². The molecule has 0 bridgehead atoms. The highest BCUT2D eigenvalue weighted by atomic mass is 35.5. The fraction of sp³-hybridized carbons (Fsp3) is 0.412. The molecule has 2 heterocycles. The van der Waals surface area contributed by atoms with Crippen LogP contribution >= 0.6 is 11.6 Å². The number of hydrogen-bond donors (Lipinski definition) is 2. The van der Waals surface area contributed by atoms with Crippen LogP contribution in [0.25, 0.3) is 11.7 Å². The van der Waals surface area contributed by atoms with E-state index in [9.17, 15) is 9.90 Å². The molecule has 122 valence electrons. The summed E-state index contributed by atoms with van der Waals surface area (Å²) in [6.07, 6.45) is 8.50. The first-order valence-corrected chi connectivity index (χ1v) is 8.28. The van der Waals surface area contributed by atoms with Crippen LogP contribution in [0.3, 0.4) is 0 Å². The van der Waals surface area contributed by atoms with Gasteiger partial charge < -0.3 is 10.4 Å². The molecule has 1 fully saturated rings. The highest BCUT2D eigenvalue weighted by Crippen LogP contribution is 2.23. The lowest BCUT2D eigenvalue weighted by Gasteiger charge is -2.25. The smallest absolute Gasteiger partial charge is 0.244 e. The van der Waals surface area contributed by atoms with Gasteiger partial charge >= 0.3 is 0 Å². The Morgan fingerprint density at radius 3 is 3.17 bits per heavy atom. The zero-order valence-corrected chi connectivity index (χ0v) is 13.5. The van der Waals surface area contributed by atoms with Crippen molar-refractivity contribution in [1.82, 2.24) is 14.7 Å². The first-order chi connectivity index (χ1) is 11.1. The van der Waals surface area contributed by atoms with Crippen molar-refractivity contribution in [2.75, 3.05) is 6.54 Å². The third kappa shape index (κ3) is 3.92. The number of nitrogens with one attached hydrogen (secondary N) is 1. The number of aromatic nitrogens is 2. The lowest BCUT2D eigenvalue weighted by molar-refractivity contribution is -0.116. The molecule has 2 aromatic rings. The van der Waals surface area contributed by atoms with Crippen LogP contribution in [0.2, 0.25) is 5.15 Å². The van der Waals surface area contributed by atoms with Crippen LogP contribution in [0, 0.1) is 5.92 Å². The number of hydrogen-bond acceptors (Lipinski definition) is 3. The number of amides is 1. The number of nitrogens with zero attached hydrogens (tertiary/aromatic N) is 2. The minimum atomic E-state index is -0.224. The summed E-state index contributed by atoms with van der Waals surface area (Å²) < 4.78 is 1.84. The molecule has 0 spiro atoms. The maximum atomic E-state index is 12.0. The molecular weight excluding hydrogens is 314 g/mol. The van der Waals surface area contributed by atoms with Gasteiger partial charge in [0.15, 0.2) is 5.15 Å². The normalized spacial score (nSPS) is 21.8. The van der Waals surface area contributed by atoms with E-state index >= 15 is 0 Å². The van der Waals surface area contributed by atoms with Gasteiger partial charge in [0.1, 0.15) is 5.65 Å². The van der Waals surface area contributed by atoms with Crippen molar-refractivity contribution in [2.24, 2.45) is 5.92 Å². The fourth-order valence-electron chi connectivity index (χ4n) is 3.04. The number of aliphatic hydroxyl groups excluding tert-OH is 1. The maximum Gasteiger partial charge on any atom is 0.244 e. The van der Waals surface area contributed by atoms with Gasteiger partial charge in [-0.2, -0.15) is 0 Å². The van der Waals surface area contributed by atoms with Gasteiger partial charge in [0.25, 0.3) is 0 Å². The lowest BCUT2D eigenvalue weighted by Crippen LogP contribution is -2.32. The Kier molecular flexibility index (Phi) is 4.98. The molecular formula is C17H20ClN3O2. The number of halogens is 1. The van der Waals surface area contributed by atoms with Crippen molar-refractivity contribution in [1.29, 1.82) is 0 Å². The van der Waals surface area contributed by atoms with E-state index in [0.717, 1.165) is 31.3 Å². The molecule has 0 radical (unpaired) electrons. The molecule has 1 aliphatic rings. The number of pyridine rings is 1. The van der Waals surface area contributed by atoms with Crippen LogP contribution in [-0.2, 0) is 4.79 Å². The molecule has 3 rings (SSSR count). The Morgan fingerprint density at radius 1 is 1.48 bits per heavy atom. The monoisotopic (exact) mass is 333 g/mol. The van der Waals surface area contributed by atoms with Crippen molar-refractivity contribution in [3.05, 3.63) is 41.3 Å². The number of carbonyl (C=O) groups is 1. The van der Waals surface area contributed by atoms with Crippen molar-refractivity contribution in [3.8, 4) is 0 Å². The Hall–Kier alpha value is -1.85. The van der Waals surface area contributed by atoms with E-state index in [-0.39, 0.29) is 12.0 Å². The average molecular weight is 334 g/mol. The Balaban J connectivity index is 1.60. The Morgan fingerprint density at radius 2 is 2.35 bits per heavy atom. The minimum Gasteiger partial charge on any atom is -0.393 e. The third-order valence-electron chi connectivity index (χ3n) is 4.23. The van der Waals surface area contributed by atoms with Gasteiger partial charge in [-0.3, -0.25) is 9.20 Å². The largest absolute Gasteiger partial charge is 0.393 e. The molecule has 2 N–H and O–H groups in total. The first-order valence-electron chi connectivity index (χ1n) is 7.90. The molecule has 0 saturated heterocycles. The molecule has 1 aliphatic carbocycles. The molecule has 1 saturated carbocycles. The van der Waals surface area contributed by atoms with Gasteiger partial charge in [0.2, 0.25) is 5.91 Å². The summed E-state index contributed by atoms with van der Waals surface area (Å²) in [5, 5.41) is 12.9. The first kappa shape index (κ1) is 16.0. The summed E-state index contributed by atoms with van der Waals surface area (Å²) >= 11 is 6.12. The Labute approximate surface area is 140 Å². The molecule has 5 nitrogen and oxygen atoms in total.